The van der Waals surface area contributed by atoms with Crippen LogP contribution >= 0.6 is 11.3 Å². The zero-order valence-electron chi connectivity index (χ0n) is 15.8. The molecule has 1 aliphatic carbocycles. The van der Waals surface area contributed by atoms with Crippen molar-refractivity contribution >= 4 is 34.6 Å². The van der Waals surface area contributed by atoms with Crippen molar-refractivity contribution in [2.24, 2.45) is 11.0 Å². The maximum atomic E-state index is 12.9. The van der Waals surface area contributed by atoms with Crippen LogP contribution in [-0.2, 0) is 17.6 Å². The monoisotopic (exact) mass is 403 g/mol. The molecule has 28 heavy (non-hydrogen) atoms. The van der Waals surface area contributed by atoms with Crippen LogP contribution in [0.5, 0.6) is 0 Å². The molecule has 2 N–H and O–H groups in total. The average Bonchev–Trinajstić information content (AvgIpc) is 3.00. The Morgan fingerprint density at radius 3 is 2.82 bits per heavy atom. The van der Waals surface area contributed by atoms with Gasteiger partial charge in [-0.3, -0.25) is 5.32 Å². The molecule has 0 saturated heterocycles. The molecular formula is C20H22FN3O3S. The summed E-state index contributed by atoms with van der Waals surface area (Å²) in [4.78, 5) is 25.8. The molecule has 0 saturated carbocycles. The number of ether oxygens (including phenoxy) is 1. The largest absolute Gasteiger partial charge is 0.462 e. The van der Waals surface area contributed by atoms with Crippen molar-refractivity contribution in [2.75, 3.05) is 11.9 Å². The molecule has 1 unspecified atom stereocenters. The highest BCUT2D eigenvalue weighted by molar-refractivity contribution is 7.17. The Balaban J connectivity index is 1.72. The molecule has 3 rings (SSSR count). The SMILES string of the molecule is CCOC(=O)c1c(NC(=O)N/N=C/c2ccc(F)cc2)sc2c1CCC(C)C2. The van der Waals surface area contributed by atoms with E-state index >= 15 is 0 Å². The third-order valence-electron chi connectivity index (χ3n) is 4.47. The fourth-order valence-electron chi connectivity index (χ4n) is 3.10. The number of nitrogens with one attached hydrogen (secondary N) is 2. The molecule has 0 bridgehead atoms. The Morgan fingerprint density at radius 2 is 2.11 bits per heavy atom. The van der Waals surface area contributed by atoms with Gasteiger partial charge in [0.2, 0.25) is 0 Å². The number of carbonyl (C=O) groups excluding carboxylic acids is 2. The number of halogens is 1. The van der Waals surface area contributed by atoms with Gasteiger partial charge in [0.05, 0.1) is 18.4 Å². The fourth-order valence-corrected chi connectivity index (χ4v) is 4.50. The minimum Gasteiger partial charge on any atom is -0.462 e. The van der Waals surface area contributed by atoms with E-state index in [1.807, 2.05) is 0 Å². The van der Waals surface area contributed by atoms with Crippen LogP contribution < -0.4 is 10.7 Å². The molecule has 1 heterocycles. The molecule has 6 nitrogen and oxygen atoms in total. The number of esters is 1. The lowest BCUT2D eigenvalue weighted by Gasteiger charge is -2.18. The van der Waals surface area contributed by atoms with Crippen molar-refractivity contribution < 1.29 is 18.7 Å². The zero-order chi connectivity index (χ0) is 20.1. The Hall–Kier alpha value is -2.74. The molecule has 0 aliphatic heterocycles. The Bertz CT molecular complexity index is 893. The van der Waals surface area contributed by atoms with Gasteiger partial charge in [0.15, 0.2) is 0 Å². The standard InChI is InChI=1S/C20H22FN3O3S/c1-3-27-19(25)17-15-9-4-12(2)10-16(15)28-18(17)23-20(26)24-22-11-13-5-7-14(21)8-6-13/h5-8,11-12H,3-4,9-10H2,1-2H3,(H2,23,24,26)/b22-11+. The summed E-state index contributed by atoms with van der Waals surface area (Å²) in [6.45, 7) is 4.20. The van der Waals surface area contributed by atoms with Gasteiger partial charge >= 0.3 is 12.0 Å². The van der Waals surface area contributed by atoms with Gasteiger partial charge in [-0.15, -0.1) is 11.3 Å². The third kappa shape index (κ3) is 4.75. The van der Waals surface area contributed by atoms with Gasteiger partial charge in [-0.25, -0.2) is 19.4 Å². The van der Waals surface area contributed by atoms with Crippen LogP contribution in [0.2, 0.25) is 0 Å². The normalized spacial score (nSPS) is 15.9. The summed E-state index contributed by atoms with van der Waals surface area (Å²) >= 11 is 1.41. The molecule has 8 heteroatoms. The van der Waals surface area contributed by atoms with E-state index in [4.69, 9.17) is 4.74 Å². The molecular weight excluding hydrogens is 381 g/mol. The van der Waals surface area contributed by atoms with Crippen LogP contribution in [0.3, 0.4) is 0 Å². The van der Waals surface area contributed by atoms with E-state index in [0.717, 1.165) is 29.7 Å². The van der Waals surface area contributed by atoms with Crippen molar-refractivity contribution in [3.63, 3.8) is 0 Å². The smallest absolute Gasteiger partial charge is 0.341 e. The van der Waals surface area contributed by atoms with E-state index in [0.29, 0.717) is 22.0 Å². The second kappa shape index (κ2) is 8.97. The minimum absolute atomic E-state index is 0.271. The maximum absolute atomic E-state index is 12.9. The first-order valence-electron chi connectivity index (χ1n) is 9.15. The Labute approximate surface area is 166 Å². The summed E-state index contributed by atoms with van der Waals surface area (Å²) in [6.07, 6.45) is 4.10. The second-order valence-corrected chi connectivity index (χ2v) is 7.76. The van der Waals surface area contributed by atoms with E-state index in [-0.39, 0.29) is 12.4 Å². The molecule has 1 aromatic carbocycles. The number of thiophene rings is 1. The molecule has 0 fully saturated rings. The number of rotatable bonds is 5. The zero-order valence-corrected chi connectivity index (χ0v) is 16.6. The highest BCUT2D eigenvalue weighted by atomic mass is 32.1. The van der Waals surface area contributed by atoms with Gasteiger partial charge in [-0.2, -0.15) is 5.10 Å². The molecule has 0 spiro atoms. The highest BCUT2D eigenvalue weighted by Gasteiger charge is 2.29. The van der Waals surface area contributed by atoms with Crippen LogP contribution in [-0.4, -0.2) is 24.8 Å². The molecule has 0 radical (unpaired) electrons. The molecule has 1 aliphatic rings. The van der Waals surface area contributed by atoms with E-state index < -0.39 is 12.0 Å². The average molecular weight is 403 g/mol. The van der Waals surface area contributed by atoms with Crippen LogP contribution in [0.25, 0.3) is 0 Å². The van der Waals surface area contributed by atoms with Gasteiger partial charge in [0.25, 0.3) is 0 Å². The Kier molecular flexibility index (Phi) is 6.41. The van der Waals surface area contributed by atoms with Gasteiger partial charge in [0, 0.05) is 4.88 Å². The van der Waals surface area contributed by atoms with Crippen molar-refractivity contribution in [1.82, 2.24) is 5.43 Å². The van der Waals surface area contributed by atoms with Crippen LogP contribution in [0.1, 0.15) is 46.6 Å². The van der Waals surface area contributed by atoms with Crippen LogP contribution in [0, 0.1) is 11.7 Å². The van der Waals surface area contributed by atoms with Crippen molar-refractivity contribution in [1.29, 1.82) is 0 Å². The van der Waals surface area contributed by atoms with Crippen LogP contribution in [0.15, 0.2) is 29.4 Å². The Morgan fingerprint density at radius 1 is 1.36 bits per heavy atom. The fraction of sp³-hybridized carbons (Fsp3) is 0.350. The number of carbonyl (C=O) groups is 2. The molecule has 1 aromatic heterocycles. The number of benzene rings is 1. The molecule has 2 amide bonds. The predicted octanol–water partition coefficient (Wildman–Crippen LogP) is 4.34. The first-order valence-corrected chi connectivity index (χ1v) is 9.96. The van der Waals surface area contributed by atoms with Gasteiger partial charge in [0.1, 0.15) is 10.8 Å². The number of urea groups is 1. The van der Waals surface area contributed by atoms with E-state index in [9.17, 15) is 14.0 Å². The van der Waals surface area contributed by atoms with Crippen LogP contribution in [0.4, 0.5) is 14.2 Å². The first kappa shape index (κ1) is 20.0. The number of hydrazone groups is 1. The second-order valence-electron chi connectivity index (χ2n) is 6.65. The summed E-state index contributed by atoms with van der Waals surface area (Å²) in [5.74, 6) is -0.215. The summed E-state index contributed by atoms with van der Waals surface area (Å²) in [5.41, 5.74) is 4.44. The maximum Gasteiger partial charge on any atom is 0.341 e. The van der Waals surface area contributed by atoms with E-state index in [1.54, 1.807) is 19.1 Å². The van der Waals surface area contributed by atoms with Crippen molar-refractivity contribution in [3.8, 4) is 0 Å². The van der Waals surface area contributed by atoms with E-state index in [2.05, 4.69) is 22.8 Å². The summed E-state index contributed by atoms with van der Waals surface area (Å²) in [7, 11) is 0. The topological polar surface area (TPSA) is 79.8 Å². The number of anilines is 1. The highest BCUT2D eigenvalue weighted by Crippen LogP contribution is 2.40. The lowest BCUT2D eigenvalue weighted by molar-refractivity contribution is 0.0526. The number of hydrogen-bond acceptors (Lipinski definition) is 5. The van der Waals surface area contributed by atoms with Gasteiger partial charge < -0.3 is 4.74 Å². The number of amides is 2. The lowest BCUT2D eigenvalue weighted by Crippen LogP contribution is -2.25. The number of hydrogen-bond donors (Lipinski definition) is 2. The molecule has 148 valence electrons. The van der Waals surface area contributed by atoms with Crippen molar-refractivity contribution in [2.45, 2.75) is 33.1 Å². The lowest BCUT2D eigenvalue weighted by atomic mass is 9.88. The molecule has 2 aromatic rings. The first-order chi connectivity index (χ1) is 13.5. The summed E-state index contributed by atoms with van der Waals surface area (Å²) in [6, 6.07) is 5.15. The van der Waals surface area contributed by atoms with E-state index in [1.165, 1.54) is 29.7 Å². The minimum atomic E-state index is -0.560. The van der Waals surface area contributed by atoms with Gasteiger partial charge in [-0.05, 0) is 55.4 Å². The predicted molar refractivity (Wildman–Crippen MR) is 108 cm³/mol. The number of fused-ring (bicyclic) bond motifs is 1. The quantitative estimate of drug-likeness (QED) is 0.443. The van der Waals surface area contributed by atoms with Gasteiger partial charge in [-0.1, -0.05) is 19.1 Å². The summed E-state index contributed by atoms with van der Waals surface area (Å²) < 4.78 is 18.1. The van der Waals surface area contributed by atoms with Crippen molar-refractivity contribution in [3.05, 3.63) is 51.7 Å². The third-order valence-corrected chi connectivity index (χ3v) is 5.64. The molecule has 1 atom stereocenters. The summed E-state index contributed by atoms with van der Waals surface area (Å²) in [5, 5.41) is 7.04. The number of nitrogens with zero attached hydrogens (tertiary/aromatic N) is 1.